The van der Waals surface area contributed by atoms with Crippen molar-refractivity contribution in [2.24, 2.45) is 0 Å². The highest BCUT2D eigenvalue weighted by Crippen LogP contribution is 2.29. The fourth-order valence-electron chi connectivity index (χ4n) is 1.67. The Labute approximate surface area is 102 Å². The summed E-state index contributed by atoms with van der Waals surface area (Å²) in [6, 6.07) is 3.63. The molecule has 0 saturated heterocycles. The third kappa shape index (κ3) is 1.92. The van der Waals surface area contributed by atoms with Crippen molar-refractivity contribution >= 4 is 15.9 Å². The van der Waals surface area contributed by atoms with E-state index in [4.69, 9.17) is 4.42 Å². The minimum Gasteiger partial charge on any atom is -0.465 e. The second-order valence-electron chi connectivity index (χ2n) is 3.56. The summed E-state index contributed by atoms with van der Waals surface area (Å²) < 4.78 is 7.79. The van der Waals surface area contributed by atoms with E-state index in [9.17, 15) is 5.11 Å². The van der Waals surface area contributed by atoms with Crippen LogP contribution in [0.15, 0.2) is 27.3 Å². The minimum atomic E-state index is -0.787. The molecule has 4 nitrogen and oxygen atoms in total. The molecule has 0 saturated carbocycles. The predicted octanol–water partition coefficient (Wildman–Crippen LogP) is 2.65. The largest absolute Gasteiger partial charge is 0.465 e. The number of hydrogen-bond acceptors (Lipinski definition) is 3. The van der Waals surface area contributed by atoms with Gasteiger partial charge in [0.1, 0.15) is 0 Å². The number of rotatable bonds is 3. The van der Waals surface area contributed by atoms with Crippen LogP contribution in [0.5, 0.6) is 0 Å². The maximum Gasteiger partial charge on any atom is 0.154 e. The summed E-state index contributed by atoms with van der Waals surface area (Å²) in [7, 11) is 0. The molecule has 1 unspecified atom stereocenters. The Morgan fingerprint density at radius 3 is 2.94 bits per heavy atom. The lowest BCUT2D eigenvalue weighted by Crippen LogP contribution is -2.08. The van der Waals surface area contributed by atoms with E-state index in [0.717, 1.165) is 22.4 Å². The topological polar surface area (TPSA) is 51.2 Å². The molecule has 86 valence electrons. The van der Waals surface area contributed by atoms with Crippen molar-refractivity contribution in [2.75, 3.05) is 0 Å². The predicted molar refractivity (Wildman–Crippen MR) is 63.1 cm³/mol. The summed E-state index contributed by atoms with van der Waals surface area (Å²) in [5, 5.41) is 14.5. The van der Waals surface area contributed by atoms with Gasteiger partial charge in [-0.15, -0.1) is 0 Å². The minimum absolute atomic E-state index is 0.509. The highest BCUT2D eigenvalue weighted by molar-refractivity contribution is 9.10. The van der Waals surface area contributed by atoms with Gasteiger partial charge >= 0.3 is 0 Å². The highest BCUT2D eigenvalue weighted by atomic mass is 79.9. The number of halogens is 1. The Morgan fingerprint density at radius 1 is 1.62 bits per heavy atom. The van der Waals surface area contributed by atoms with Crippen LogP contribution in [0.2, 0.25) is 0 Å². The van der Waals surface area contributed by atoms with Gasteiger partial charge in [-0.25, -0.2) is 0 Å². The Hall–Kier alpha value is -1.07. The van der Waals surface area contributed by atoms with Crippen molar-refractivity contribution < 1.29 is 9.52 Å². The smallest absolute Gasteiger partial charge is 0.154 e. The number of aliphatic hydroxyl groups is 1. The molecule has 0 spiro atoms. The van der Waals surface area contributed by atoms with Crippen LogP contribution in [0, 0.1) is 6.92 Å². The third-order valence-electron chi connectivity index (χ3n) is 2.41. The van der Waals surface area contributed by atoms with Crippen LogP contribution < -0.4 is 0 Å². The van der Waals surface area contributed by atoms with Crippen LogP contribution in [0.4, 0.5) is 0 Å². The van der Waals surface area contributed by atoms with Gasteiger partial charge in [0, 0.05) is 6.54 Å². The fraction of sp³-hybridized carbons (Fsp3) is 0.364. The maximum atomic E-state index is 10.2. The first-order chi connectivity index (χ1) is 7.63. The third-order valence-corrected chi connectivity index (χ3v) is 3.06. The van der Waals surface area contributed by atoms with Crippen molar-refractivity contribution in [1.29, 1.82) is 0 Å². The van der Waals surface area contributed by atoms with Crippen LogP contribution in [-0.2, 0) is 6.54 Å². The molecule has 1 atom stereocenters. The van der Waals surface area contributed by atoms with Crippen molar-refractivity contribution in [3.8, 4) is 0 Å². The lowest BCUT2D eigenvalue weighted by Gasteiger charge is -2.10. The molecule has 16 heavy (non-hydrogen) atoms. The average Bonchev–Trinajstić information content (AvgIpc) is 2.83. The summed E-state index contributed by atoms with van der Waals surface area (Å²) in [5.74, 6) is 0.509. The van der Waals surface area contributed by atoms with E-state index in [0.29, 0.717) is 5.76 Å². The van der Waals surface area contributed by atoms with Gasteiger partial charge in [-0.05, 0) is 41.9 Å². The van der Waals surface area contributed by atoms with Gasteiger partial charge in [-0.2, -0.15) is 5.10 Å². The molecule has 0 aromatic carbocycles. The van der Waals surface area contributed by atoms with Crippen molar-refractivity contribution in [3.63, 3.8) is 0 Å². The first-order valence-electron chi connectivity index (χ1n) is 5.08. The Morgan fingerprint density at radius 2 is 2.38 bits per heavy atom. The van der Waals surface area contributed by atoms with Gasteiger partial charge in [0.15, 0.2) is 11.9 Å². The Bertz CT molecular complexity index is 490. The van der Waals surface area contributed by atoms with Gasteiger partial charge in [0.25, 0.3) is 0 Å². The Balaban J connectivity index is 2.40. The highest BCUT2D eigenvalue weighted by Gasteiger charge is 2.21. The molecular formula is C11H13BrN2O2. The Kier molecular flexibility index (Phi) is 3.16. The molecule has 0 fully saturated rings. The standard InChI is InChI=1S/C11H13BrN2O2/c1-3-14-9(6-7(2)13-14)10(15)11-8(12)4-5-16-11/h4-6,10,15H,3H2,1-2H3. The van der Waals surface area contributed by atoms with Crippen molar-refractivity contribution in [1.82, 2.24) is 9.78 Å². The zero-order valence-corrected chi connectivity index (χ0v) is 10.7. The van der Waals surface area contributed by atoms with Crippen LogP contribution in [-0.4, -0.2) is 14.9 Å². The molecule has 2 heterocycles. The number of furan rings is 1. The number of aryl methyl sites for hydroxylation is 2. The summed E-state index contributed by atoms with van der Waals surface area (Å²) in [5.41, 5.74) is 1.63. The summed E-state index contributed by atoms with van der Waals surface area (Å²) >= 11 is 3.33. The van der Waals surface area contributed by atoms with Crippen LogP contribution >= 0.6 is 15.9 Å². The molecule has 2 rings (SSSR count). The number of aromatic nitrogens is 2. The second-order valence-corrected chi connectivity index (χ2v) is 4.42. The van der Waals surface area contributed by atoms with E-state index < -0.39 is 6.10 Å². The summed E-state index contributed by atoms with van der Waals surface area (Å²) in [4.78, 5) is 0. The van der Waals surface area contributed by atoms with E-state index >= 15 is 0 Å². The maximum absolute atomic E-state index is 10.2. The van der Waals surface area contributed by atoms with Gasteiger partial charge in [-0.1, -0.05) is 0 Å². The fourth-order valence-corrected chi connectivity index (χ4v) is 2.09. The number of hydrogen-bond donors (Lipinski definition) is 1. The van der Waals surface area contributed by atoms with Crippen LogP contribution in [0.25, 0.3) is 0 Å². The van der Waals surface area contributed by atoms with E-state index in [1.165, 1.54) is 0 Å². The first-order valence-corrected chi connectivity index (χ1v) is 5.88. The zero-order chi connectivity index (χ0) is 11.7. The summed E-state index contributed by atoms with van der Waals surface area (Å²) in [6.45, 7) is 4.61. The quantitative estimate of drug-likeness (QED) is 0.943. The number of aliphatic hydroxyl groups excluding tert-OH is 1. The molecular weight excluding hydrogens is 272 g/mol. The van der Waals surface area contributed by atoms with Gasteiger partial charge in [0.05, 0.1) is 22.1 Å². The van der Waals surface area contributed by atoms with Gasteiger partial charge in [-0.3, -0.25) is 4.68 Å². The molecule has 2 aromatic rings. The zero-order valence-electron chi connectivity index (χ0n) is 9.14. The molecule has 0 aliphatic rings. The number of nitrogens with zero attached hydrogens (tertiary/aromatic N) is 2. The van der Waals surface area contributed by atoms with Crippen LogP contribution in [0.1, 0.15) is 30.2 Å². The van der Waals surface area contributed by atoms with Crippen molar-refractivity contribution in [3.05, 3.63) is 40.0 Å². The first kappa shape index (κ1) is 11.4. The molecule has 0 bridgehead atoms. The molecule has 0 aliphatic carbocycles. The molecule has 0 radical (unpaired) electrons. The SMILES string of the molecule is CCn1nc(C)cc1C(O)c1occc1Br. The summed E-state index contributed by atoms with van der Waals surface area (Å²) in [6.07, 6.45) is 0.757. The molecule has 2 aromatic heterocycles. The van der Waals surface area contributed by atoms with E-state index in [2.05, 4.69) is 21.0 Å². The normalized spacial score (nSPS) is 13.0. The van der Waals surface area contributed by atoms with E-state index in [1.807, 2.05) is 19.9 Å². The van der Waals surface area contributed by atoms with Gasteiger partial charge in [0.2, 0.25) is 0 Å². The average molecular weight is 285 g/mol. The molecule has 1 N–H and O–H groups in total. The molecule has 5 heteroatoms. The van der Waals surface area contributed by atoms with Crippen LogP contribution in [0.3, 0.4) is 0 Å². The lowest BCUT2D eigenvalue weighted by molar-refractivity contribution is 0.177. The lowest BCUT2D eigenvalue weighted by atomic mass is 10.2. The molecule has 0 aliphatic heterocycles. The van der Waals surface area contributed by atoms with E-state index in [1.54, 1.807) is 17.0 Å². The molecule has 0 amide bonds. The van der Waals surface area contributed by atoms with E-state index in [-0.39, 0.29) is 0 Å². The van der Waals surface area contributed by atoms with Crippen molar-refractivity contribution in [2.45, 2.75) is 26.5 Å². The monoisotopic (exact) mass is 284 g/mol. The second kappa shape index (κ2) is 4.43. The van der Waals surface area contributed by atoms with Gasteiger partial charge < -0.3 is 9.52 Å².